The van der Waals surface area contributed by atoms with Gasteiger partial charge in [0.15, 0.2) is 0 Å². The summed E-state index contributed by atoms with van der Waals surface area (Å²) in [6.07, 6.45) is -3.17. The standard InChI is InChI=1S/C12H10F3N3/c1-7-4-5-9(18-11(7)16)10-8(12(13,14)15)3-2-6-17-10/h2-6H,1H3,(H2,16,18). The summed E-state index contributed by atoms with van der Waals surface area (Å²) in [5.74, 6) is 0.200. The Labute approximate surface area is 101 Å². The minimum atomic E-state index is -4.47. The van der Waals surface area contributed by atoms with Gasteiger partial charge in [0.05, 0.1) is 11.3 Å². The van der Waals surface area contributed by atoms with Crippen molar-refractivity contribution in [2.24, 2.45) is 0 Å². The van der Waals surface area contributed by atoms with Crippen molar-refractivity contribution >= 4 is 5.82 Å². The molecule has 0 spiro atoms. The number of alkyl halides is 3. The first-order chi connectivity index (χ1) is 8.39. The Bertz CT molecular complexity index is 579. The third-order valence-electron chi connectivity index (χ3n) is 2.49. The molecule has 2 aromatic rings. The number of hydrogen-bond donors (Lipinski definition) is 1. The van der Waals surface area contributed by atoms with Gasteiger partial charge in [0.2, 0.25) is 0 Å². The second kappa shape index (κ2) is 4.29. The van der Waals surface area contributed by atoms with Gasteiger partial charge in [-0.3, -0.25) is 4.98 Å². The Kier molecular flexibility index (Phi) is 2.94. The summed E-state index contributed by atoms with van der Waals surface area (Å²) in [6, 6.07) is 5.31. The van der Waals surface area contributed by atoms with Crippen LogP contribution in [-0.2, 0) is 6.18 Å². The molecule has 0 unspecified atom stereocenters. The van der Waals surface area contributed by atoms with Crippen LogP contribution in [0, 0.1) is 6.92 Å². The molecule has 2 aromatic heterocycles. The van der Waals surface area contributed by atoms with Crippen LogP contribution in [0.4, 0.5) is 19.0 Å². The van der Waals surface area contributed by atoms with E-state index >= 15 is 0 Å². The van der Waals surface area contributed by atoms with E-state index in [-0.39, 0.29) is 17.2 Å². The molecule has 0 atom stereocenters. The quantitative estimate of drug-likeness (QED) is 0.849. The van der Waals surface area contributed by atoms with E-state index in [4.69, 9.17) is 5.73 Å². The molecule has 94 valence electrons. The van der Waals surface area contributed by atoms with Gasteiger partial charge in [-0.2, -0.15) is 13.2 Å². The Hall–Kier alpha value is -2.11. The monoisotopic (exact) mass is 253 g/mol. The molecule has 18 heavy (non-hydrogen) atoms. The lowest BCUT2D eigenvalue weighted by Crippen LogP contribution is -2.09. The molecule has 0 aliphatic carbocycles. The van der Waals surface area contributed by atoms with Gasteiger partial charge in [0.1, 0.15) is 11.5 Å². The Morgan fingerprint density at radius 1 is 1.17 bits per heavy atom. The van der Waals surface area contributed by atoms with Crippen molar-refractivity contribution in [2.75, 3.05) is 5.73 Å². The molecular formula is C12H10F3N3. The molecule has 0 aliphatic rings. The van der Waals surface area contributed by atoms with Crippen molar-refractivity contribution in [3.63, 3.8) is 0 Å². The zero-order chi connectivity index (χ0) is 13.3. The number of nitrogen functional groups attached to an aromatic ring is 1. The smallest absolute Gasteiger partial charge is 0.383 e. The maximum atomic E-state index is 12.8. The lowest BCUT2D eigenvalue weighted by atomic mass is 10.1. The topological polar surface area (TPSA) is 51.8 Å². The fourth-order valence-corrected chi connectivity index (χ4v) is 1.51. The summed E-state index contributed by atoms with van der Waals surface area (Å²) in [5, 5.41) is 0. The van der Waals surface area contributed by atoms with E-state index in [2.05, 4.69) is 9.97 Å². The normalized spacial score (nSPS) is 11.6. The molecule has 0 bridgehead atoms. The van der Waals surface area contributed by atoms with Crippen LogP contribution in [0.3, 0.4) is 0 Å². The maximum absolute atomic E-state index is 12.8. The van der Waals surface area contributed by atoms with Gasteiger partial charge < -0.3 is 5.73 Å². The zero-order valence-electron chi connectivity index (χ0n) is 9.49. The molecule has 0 amide bonds. The second-order valence-corrected chi connectivity index (χ2v) is 3.80. The lowest BCUT2D eigenvalue weighted by molar-refractivity contribution is -0.137. The third kappa shape index (κ3) is 2.27. The predicted octanol–water partition coefficient (Wildman–Crippen LogP) is 3.05. The molecule has 0 saturated carbocycles. The van der Waals surface area contributed by atoms with Crippen LogP contribution in [0.1, 0.15) is 11.1 Å². The first-order valence-corrected chi connectivity index (χ1v) is 5.15. The van der Waals surface area contributed by atoms with E-state index in [1.54, 1.807) is 13.0 Å². The molecule has 0 radical (unpaired) electrons. The first kappa shape index (κ1) is 12.3. The molecule has 0 aliphatic heterocycles. The Morgan fingerprint density at radius 3 is 2.50 bits per heavy atom. The van der Waals surface area contributed by atoms with E-state index in [0.717, 1.165) is 6.07 Å². The number of aryl methyl sites for hydroxylation is 1. The highest BCUT2D eigenvalue weighted by molar-refractivity contribution is 5.62. The van der Waals surface area contributed by atoms with Crippen LogP contribution in [0.2, 0.25) is 0 Å². The minimum Gasteiger partial charge on any atom is -0.383 e. The number of hydrogen-bond acceptors (Lipinski definition) is 3. The van der Waals surface area contributed by atoms with Gasteiger partial charge in [-0.15, -0.1) is 0 Å². The number of anilines is 1. The number of rotatable bonds is 1. The number of nitrogens with two attached hydrogens (primary N) is 1. The third-order valence-corrected chi connectivity index (χ3v) is 2.49. The SMILES string of the molecule is Cc1ccc(-c2ncccc2C(F)(F)F)nc1N. The Balaban J connectivity index is 2.61. The van der Waals surface area contributed by atoms with Gasteiger partial charge >= 0.3 is 6.18 Å². The summed E-state index contributed by atoms with van der Waals surface area (Å²) < 4.78 is 38.4. The van der Waals surface area contributed by atoms with Gasteiger partial charge in [0, 0.05) is 6.20 Å². The van der Waals surface area contributed by atoms with Crippen molar-refractivity contribution in [3.8, 4) is 11.4 Å². The van der Waals surface area contributed by atoms with Crippen LogP contribution in [0.25, 0.3) is 11.4 Å². The second-order valence-electron chi connectivity index (χ2n) is 3.80. The fraction of sp³-hybridized carbons (Fsp3) is 0.167. The predicted molar refractivity (Wildman–Crippen MR) is 61.6 cm³/mol. The first-order valence-electron chi connectivity index (χ1n) is 5.15. The summed E-state index contributed by atoms with van der Waals surface area (Å²) in [5.41, 5.74) is 5.39. The highest BCUT2D eigenvalue weighted by atomic mass is 19.4. The largest absolute Gasteiger partial charge is 0.418 e. The molecule has 2 N–H and O–H groups in total. The van der Waals surface area contributed by atoms with E-state index < -0.39 is 11.7 Å². The lowest BCUT2D eigenvalue weighted by Gasteiger charge is -2.11. The average Bonchev–Trinajstić information content (AvgIpc) is 2.32. The maximum Gasteiger partial charge on any atom is 0.418 e. The van der Waals surface area contributed by atoms with Crippen molar-refractivity contribution in [1.82, 2.24) is 9.97 Å². The van der Waals surface area contributed by atoms with Crippen LogP contribution >= 0.6 is 0 Å². The highest BCUT2D eigenvalue weighted by Crippen LogP contribution is 2.35. The van der Waals surface area contributed by atoms with Crippen molar-refractivity contribution < 1.29 is 13.2 Å². The van der Waals surface area contributed by atoms with Crippen LogP contribution in [0.5, 0.6) is 0 Å². The van der Waals surface area contributed by atoms with Crippen molar-refractivity contribution in [2.45, 2.75) is 13.1 Å². The Morgan fingerprint density at radius 2 is 1.89 bits per heavy atom. The van der Waals surface area contributed by atoms with Crippen molar-refractivity contribution in [3.05, 3.63) is 41.6 Å². The number of nitrogens with zero attached hydrogens (tertiary/aromatic N) is 2. The summed E-state index contributed by atoms with van der Waals surface area (Å²) >= 11 is 0. The van der Waals surface area contributed by atoms with E-state index in [0.29, 0.717) is 5.56 Å². The zero-order valence-corrected chi connectivity index (χ0v) is 9.49. The molecule has 0 fully saturated rings. The summed E-state index contributed by atoms with van der Waals surface area (Å²) in [6.45, 7) is 1.73. The molecule has 0 aromatic carbocycles. The summed E-state index contributed by atoms with van der Waals surface area (Å²) in [7, 11) is 0. The van der Waals surface area contributed by atoms with Gasteiger partial charge in [0.25, 0.3) is 0 Å². The molecular weight excluding hydrogens is 243 g/mol. The van der Waals surface area contributed by atoms with Gasteiger partial charge in [-0.05, 0) is 30.7 Å². The van der Waals surface area contributed by atoms with Crippen LogP contribution in [0.15, 0.2) is 30.5 Å². The number of halogens is 3. The molecule has 3 nitrogen and oxygen atoms in total. The molecule has 6 heteroatoms. The van der Waals surface area contributed by atoms with Gasteiger partial charge in [-0.1, -0.05) is 6.07 Å². The van der Waals surface area contributed by atoms with Crippen molar-refractivity contribution in [1.29, 1.82) is 0 Å². The molecule has 2 rings (SSSR count). The van der Waals surface area contributed by atoms with E-state index in [1.165, 1.54) is 18.3 Å². The number of pyridine rings is 2. The minimum absolute atomic E-state index is 0.117. The highest BCUT2D eigenvalue weighted by Gasteiger charge is 2.34. The summed E-state index contributed by atoms with van der Waals surface area (Å²) in [4.78, 5) is 7.68. The van der Waals surface area contributed by atoms with E-state index in [1.807, 2.05) is 0 Å². The molecule has 2 heterocycles. The van der Waals surface area contributed by atoms with E-state index in [9.17, 15) is 13.2 Å². The van der Waals surface area contributed by atoms with Crippen LogP contribution in [-0.4, -0.2) is 9.97 Å². The average molecular weight is 253 g/mol. The number of aromatic nitrogens is 2. The van der Waals surface area contributed by atoms with Crippen LogP contribution < -0.4 is 5.73 Å². The molecule has 0 saturated heterocycles. The fourth-order valence-electron chi connectivity index (χ4n) is 1.51. The van der Waals surface area contributed by atoms with Gasteiger partial charge in [-0.25, -0.2) is 4.98 Å².